The van der Waals surface area contributed by atoms with E-state index >= 15 is 0 Å². The first-order chi connectivity index (χ1) is 39.2. The summed E-state index contributed by atoms with van der Waals surface area (Å²) in [6, 6.07) is 15.2. The molecule has 430 valence electrons. The highest BCUT2D eigenvalue weighted by atomic mass is 79.9. The van der Waals surface area contributed by atoms with E-state index in [0.717, 1.165) is 0 Å². The van der Waals surface area contributed by atoms with Crippen LogP contribution in [0.15, 0.2) is 107 Å². The molecule has 0 radical (unpaired) electrons. The van der Waals surface area contributed by atoms with Crippen molar-refractivity contribution in [2.75, 3.05) is 48.6 Å². The number of benzene rings is 2. The third kappa shape index (κ3) is 15.3. The number of hydrogen-bond donors (Lipinski definition) is 8. The van der Waals surface area contributed by atoms with Crippen LogP contribution in [0.1, 0.15) is 56.1 Å². The molecule has 8 rings (SSSR count). The number of carbonyl (C=O) groups excluding carboxylic acids is 2. The highest BCUT2D eigenvalue weighted by Gasteiger charge is 2.37. The zero-order valence-electron chi connectivity index (χ0n) is 42.8. The molecular weight excluding hydrogens is 1240 g/mol. The number of nitrogens with one attached hydrogen (secondary N) is 6. The molecule has 0 aliphatic rings. The number of hydrogen-bond acceptors (Lipinski definition) is 19. The van der Waals surface area contributed by atoms with E-state index in [4.69, 9.17) is 19.3 Å². The van der Waals surface area contributed by atoms with Crippen molar-refractivity contribution in [2.24, 2.45) is 0 Å². The lowest BCUT2D eigenvalue weighted by Crippen LogP contribution is -2.21. The largest absolute Gasteiger partial charge is 0.421 e. The molecule has 6 heterocycles. The van der Waals surface area contributed by atoms with Crippen LogP contribution in [-0.4, -0.2) is 98.8 Å². The van der Waals surface area contributed by atoms with Gasteiger partial charge in [0.05, 0.1) is 59.7 Å². The van der Waals surface area contributed by atoms with Gasteiger partial charge in [-0.3, -0.25) is 23.5 Å². The van der Waals surface area contributed by atoms with Gasteiger partial charge in [0.2, 0.25) is 11.9 Å². The van der Waals surface area contributed by atoms with E-state index in [1.54, 1.807) is 58.2 Å². The number of aromatic nitrogens is 10. The number of halogens is 8. The molecule has 6 aromatic heterocycles. The number of anilines is 8. The molecule has 2 aromatic carbocycles. The summed E-state index contributed by atoms with van der Waals surface area (Å²) < 4.78 is 114. The number of pyridine rings is 2. The molecule has 0 saturated heterocycles. The van der Waals surface area contributed by atoms with Gasteiger partial charge in [0, 0.05) is 85.3 Å². The second-order valence-electron chi connectivity index (χ2n) is 17.3. The third-order valence-electron chi connectivity index (χ3n) is 11.6. The van der Waals surface area contributed by atoms with Gasteiger partial charge in [-0.1, -0.05) is 12.1 Å². The van der Waals surface area contributed by atoms with Crippen LogP contribution in [0.3, 0.4) is 0 Å². The second kappa shape index (κ2) is 26.8. The van der Waals surface area contributed by atoms with Gasteiger partial charge in [-0.2, -0.15) is 46.5 Å². The van der Waals surface area contributed by atoms with Crippen LogP contribution in [-0.2, 0) is 52.3 Å². The highest BCUT2D eigenvalue weighted by molar-refractivity contribution is 9.11. The standard InChI is InChI=1S/C50H47Br2F6N16O7P/c1-59-45(77)41-39(11-9-35(65-41)29-19-63-73(23-29)13-3-15-75)67-43-31(49(53,54)55)21-61-47(71-43)69-37-7-5-27(17-33(37)51)25-80-82(79)81-26-28-6-8-38(34(52)18-28)70-48-62-22-32(50(56,57)58)44(72-48)68-40-12-10-36(66-42(40)46(78)60-2)30-20-64-74(24-30)14-4-16-76/h5-12,17-24,75-76,82H,3-4,13-16,25-26H2,1-2H3,(H,59,77)(H,60,78)(H2,61,67,69,71)(H2,62,68,70,72). The second-order valence-corrected chi connectivity index (χ2v) is 20.1. The summed E-state index contributed by atoms with van der Waals surface area (Å²) in [4.78, 5) is 50.7. The van der Waals surface area contributed by atoms with Crippen LogP contribution >= 0.6 is 40.1 Å². The number of alkyl halides is 6. The molecule has 82 heavy (non-hydrogen) atoms. The molecule has 0 bridgehead atoms. The smallest absolute Gasteiger partial charge is 0.396 e. The maximum Gasteiger partial charge on any atom is 0.421 e. The lowest BCUT2D eigenvalue weighted by molar-refractivity contribution is -0.138. The number of nitrogens with zero attached hydrogens (tertiary/aromatic N) is 10. The molecular formula is C50H47Br2F6N16O7P. The summed E-state index contributed by atoms with van der Waals surface area (Å²) in [6.07, 6.45) is -1.42. The lowest BCUT2D eigenvalue weighted by atomic mass is 10.1. The number of carbonyl (C=O) groups is 2. The number of aliphatic hydroxyl groups is 2. The molecule has 32 heteroatoms. The number of rotatable bonds is 24. The first-order valence-electron chi connectivity index (χ1n) is 24.3. The summed E-state index contributed by atoms with van der Waals surface area (Å²) in [5.74, 6) is -3.26. The Labute approximate surface area is 479 Å². The maximum absolute atomic E-state index is 14.3. The van der Waals surface area contributed by atoms with Crippen molar-refractivity contribution >= 4 is 98.2 Å². The minimum absolute atomic E-state index is 0.0436. The van der Waals surface area contributed by atoms with E-state index < -0.39 is 55.2 Å². The van der Waals surface area contributed by atoms with Crippen molar-refractivity contribution in [2.45, 2.75) is 51.5 Å². The molecule has 2 amide bonds. The van der Waals surface area contributed by atoms with Gasteiger partial charge >= 0.3 is 20.6 Å². The van der Waals surface area contributed by atoms with Crippen LogP contribution in [0.2, 0.25) is 0 Å². The molecule has 0 aliphatic carbocycles. The molecule has 23 nitrogen and oxygen atoms in total. The summed E-state index contributed by atoms with van der Waals surface area (Å²) in [7, 11) is -0.423. The molecule has 0 aliphatic heterocycles. The fraction of sp³-hybridized carbons (Fsp3) is 0.240. The van der Waals surface area contributed by atoms with E-state index in [0.29, 0.717) is 92.3 Å². The van der Waals surface area contributed by atoms with Gasteiger partial charge in [0.25, 0.3) is 11.8 Å². The van der Waals surface area contributed by atoms with Crippen molar-refractivity contribution in [3.8, 4) is 22.5 Å². The first-order valence-corrected chi connectivity index (χ1v) is 27.1. The summed E-state index contributed by atoms with van der Waals surface area (Å²) >= 11 is 6.84. The molecule has 8 aromatic rings. The van der Waals surface area contributed by atoms with Gasteiger partial charge in [-0.15, -0.1) is 0 Å². The van der Waals surface area contributed by atoms with Crippen molar-refractivity contribution in [1.29, 1.82) is 0 Å². The zero-order valence-corrected chi connectivity index (χ0v) is 47.0. The average Bonchev–Trinajstić information content (AvgIpc) is 4.21. The van der Waals surface area contributed by atoms with Gasteiger partial charge in [-0.05, 0) is 104 Å². The van der Waals surface area contributed by atoms with E-state index in [9.17, 15) is 40.5 Å². The monoisotopic (exact) mass is 1290 g/mol. The molecule has 0 atom stereocenters. The highest BCUT2D eigenvalue weighted by Crippen LogP contribution is 2.39. The molecule has 0 saturated carbocycles. The Morgan fingerprint density at radius 2 is 0.988 bits per heavy atom. The van der Waals surface area contributed by atoms with Gasteiger partial charge in [-0.25, -0.2) is 19.9 Å². The predicted molar refractivity (Wildman–Crippen MR) is 295 cm³/mol. The van der Waals surface area contributed by atoms with E-state index in [-0.39, 0.29) is 61.1 Å². The summed E-state index contributed by atoms with van der Waals surface area (Å²) in [6.45, 7) is 0.400. The Morgan fingerprint density at radius 1 is 0.585 bits per heavy atom. The fourth-order valence-corrected chi connectivity index (χ4v) is 9.24. The molecule has 0 spiro atoms. The average molecular weight is 1290 g/mol. The Balaban J connectivity index is 0.883. The van der Waals surface area contributed by atoms with E-state index in [1.165, 1.54) is 50.8 Å². The van der Waals surface area contributed by atoms with Crippen LogP contribution in [0, 0.1) is 0 Å². The minimum Gasteiger partial charge on any atom is -0.396 e. The first kappa shape index (κ1) is 60.2. The Hall–Kier alpha value is -7.93. The van der Waals surface area contributed by atoms with Crippen molar-refractivity contribution < 1.29 is 59.8 Å². The Bertz CT molecular complexity index is 3400. The van der Waals surface area contributed by atoms with Crippen molar-refractivity contribution in [3.05, 3.63) is 140 Å². The third-order valence-corrected chi connectivity index (χ3v) is 13.7. The molecule has 8 N–H and O–H groups in total. The van der Waals surface area contributed by atoms with Crippen LogP contribution < -0.4 is 31.9 Å². The lowest BCUT2D eigenvalue weighted by Gasteiger charge is -2.17. The number of aryl methyl sites for hydroxylation is 2. The summed E-state index contributed by atoms with van der Waals surface area (Å²) in [5, 5.41) is 42.6. The normalized spacial score (nSPS) is 11.7. The summed E-state index contributed by atoms with van der Waals surface area (Å²) in [5.41, 5.74) is 0.278. The van der Waals surface area contributed by atoms with Crippen molar-refractivity contribution in [1.82, 2.24) is 60.1 Å². The zero-order chi connectivity index (χ0) is 58.7. The van der Waals surface area contributed by atoms with Gasteiger partial charge in [0.1, 0.15) is 22.8 Å². The van der Waals surface area contributed by atoms with Crippen LogP contribution in [0.5, 0.6) is 0 Å². The molecule has 0 unspecified atom stereocenters. The van der Waals surface area contributed by atoms with E-state index in [2.05, 4.69) is 104 Å². The number of aliphatic hydroxyl groups excluding tert-OH is 2. The van der Waals surface area contributed by atoms with Gasteiger partial charge < -0.3 is 51.2 Å². The van der Waals surface area contributed by atoms with Crippen molar-refractivity contribution in [3.63, 3.8) is 0 Å². The van der Waals surface area contributed by atoms with Crippen LogP contribution in [0.25, 0.3) is 22.5 Å². The quantitative estimate of drug-likeness (QED) is 0.0206. The topological polar surface area (TPSA) is 295 Å². The van der Waals surface area contributed by atoms with Gasteiger partial charge in [0.15, 0.2) is 11.4 Å². The minimum atomic E-state index is -4.91. The predicted octanol–water partition coefficient (Wildman–Crippen LogP) is 9.93. The fourth-order valence-electron chi connectivity index (χ4n) is 7.54. The maximum atomic E-state index is 14.3. The van der Waals surface area contributed by atoms with E-state index in [1.807, 2.05) is 0 Å². The molecule has 0 fully saturated rings. The SMILES string of the molecule is CNC(=O)c1nc(-c2cnn(CCCO)c2)ccc1Nc1nc(Nc2ccc(CO[PH](=O)OCc3ccc(Nc4ncc(C(F)(F)F)c(Nc5ccc(-c6cnn(CCCO)c6)nc5C(=O)NC)n4)c(Br)c3)cc2Br)ncc1C(F)(F)F. The van der Waals surface area contributed by atoms with Crippen LogP contribution in [0.4, 0.5) is 72.6 Å². The Morgan fingerprint density at radius 3 is 1.35 bits per heavy atom. The Kier molecular flexibility index (Phi) is 19.6. The number of amides is 2.